The largest absolute Gasteiger partial charge is 0.377 e. The molecule has 2 rings (SSSR count). The third-order valence-corrected chi connectivity index (χ3v) is 3.03. The van der Waals surface area contributed by atoms with Gasteiger partial charge in [0.25, 0.3) is 0 Å². The zero-order valence-electron chi connectivity index (χ0n) is 15.3. The van der Waals surface area contributed by atoms with Crippen LogP contribution < -0.4 is 4.90 Å². The Bertz CT molecular complexity index is 593. The molecule has 126 valence electrons. The third-order valence-electron chi connectivity index (χ3n) is 3.03. The molecule has 0 aliphatic rings. The van der Waals surface area contributed by atoms with Gasteiger partial charge in [-0.05, 0) is 49.2 Å². The Morgan fingerprint density at radius 1 is 0.826 bits per heavy atom. The van der Waals surface area contributed by atoms with Gasteiger partial charge in [-0.3, -0.25) is 0 Å². The number of benzene rings is 2. The Labute approximate surface area is 156 Å². The molecule has 0 fully saturated rings. The molecule has 0 heterocycles. The molecular formula is C19H28N3W-. The molecule has 0 saturated heterocycles. The second kappa shape index (κ2) is 12.0. The van der Waals surface area contributed by atoms with E-state index in [9.17, 15) is 0 Å². The van der Waals surface area contributed by atoms with Gasteiger partial charge in [0.05, 0.1) is 11.4 Å². The van der Waals surface area contributed by atoms with Gasteiger partial charge >= 0.3 is 0 Å². The van der Waals surface area contributed by atoms with Crippen molar-refractivity contribution in [3.05, 3.63) is 61.0 Å². The van der Waals surface area contributed by atoms with Gasteiger partial charge in [-0.25, -0.2) is 0 Å². The van der Waals surface area contributed by atoms with Crippen molar-refractivity contribution in [3.63, 3.8) is 0 Å². The van der Waals surface area contributed by atoms with Crippen LogP contribution in [-0.4, -0.2) is 14.1 Å². The van der Waals surface area contributed by atoms with Crippen molar-refractivity contribution in [3.8, 4) is 0 Å². The van der Waals surface area contributed by atoms with Gasteiger partial charge in [0.15, 0.2) is 0 Å². The maximum Gasteiger partial charge on any atom is 0.0890 e. The summed E-state index contributed by atoms with van der Waals surface area (Å²) in [6, 6.07) is 14.0. The van der Waals surface area contributed by atoms with Gasteiger partial charge in [0, 0.05) is 40.8 Å². The van der Waals surface area contributed by atoms with Gasteiger partial charge in [0.2, 0.25) is 0 Å². The van der Waals surface area contributed by atoms with E-state index in [4.69, 9.17) is 0 Å². The average molecular weight is 482 g/mol. The molecule has 0 aliphatic carbocycles. The molecule has 0 spiro atoms. The Balaban J connectivity index is 0. The van der Waals surface area contributed by atoms with E-state index in [1.165, 1.54) is 11.3 Å². The zero-order chi connectivity index (χ0) is 15.8. The van der Waals surface area contributed by atoms with Crippen molar-refractivity contribution in [2.24, 2.45) is 10.2 Å². The van der Waals surface area contributed by atoms with Crippen LogP contribution in [0.4, 0.5) is 17.1 Å². The second-order valence-corrected chi connectivity index (χ2v) is 4.86. The first-order valence-corrected chi connectivity index (χ1v) is 7.33. The second-order valence-electron chi connectivity index (χ2n) is 4.86. The fourth-order valence-corrected chi connectivity index (χ4v) is 1.98. The van der Waals surface area contributed by atoms with E-state index in [0.29, 0.717) is 0 Å². The van der Waals surface area contributed by atoms with Crippen LogP contribution in [0.15, 0.2) is 52.7 Å². The molecule has 2 aromatic rings. The van der Waals surface area contributed by atoms with Gasteiger partial charge in [-0.1, -0.05) is 32.0 Å². The summed E-state index contributed by atoms with van der Waals surface area (Å²) in [7, 11) is 4.10. The van der Waals surface area contributed by atoms with Crippen LogP contribution >= 0.6 is 0 Å². The number of hydrogen-bond donors (Lipinski definition) is 0. The summed E-state index contributed by atoms with van der Waals surface area (Å²) in [5.41, 5.74) is 5.35. The summed E-state index contributed by atoms with van der Waals surface area (Å²) < 4.78 is 0. The summed E-state index contributed by atoms with van der Waals surface area (Å²) in [5, 5.41) is 8.61. The quantitative estimate of drug-likeness (QED) is 0.375. The van der Waals surface area contributed by atoms with Crippen LogP contribution in [-0.2, 0) is 21.1 Å². The molecule has 0 unspecified atom stereocenters. The first kappa shape index (κ1) is 23.8. The van der Waals surface area contributed by atoms with E-state index >= 15 is 0 Å². The zero-order valence-corrected chi connectivity index (χ0v) is 18.2. The topological polar surface area (TPSA) is 28.0 Å². The minimum absolute atomic E-state index is 0. The average Bonchev–Trinajstić information content (AvgIpc) is 2.50. The predicted octanol–water partition coefficient (Wildman–Crippen LogP) is 6.26. The van der Waals surface area contributed by atoms with E-state index in [2.05, 4.69) is 41.1 Å². The molecule has 3 nitrogen and oxygen atoms in total. The van der Waals surface area contributed by atoms with Crippen LogP contribution in [0, 0.1) is 21.3 Å². The molecule has 0 amide bonds. The van der Waals surface area contributed by atoms with Crippen molar-refractivity contribution < 1.29 is 21.1 Å². The Morgan fingerprint density at radius 3 is 1.91 bits per heavy atom. The molecule has 2 aromatic carbocycles. The van der Waals surface area contributed by atoms with E-state index < -0.39 is 0 Å². The van der Waals surface area contributed by atoms with Crippen molar-refractivity contribution >= 4 is 17.1 Å². The number of aryl methyl sites for hydroxylation is 2. The Morgan fingerprint density at radius 2 is 1.39 bits per heavy atom. The van der Waals surface area contributed by atoms with Crippen LogP contribution in [0.1, 0.15) is 25.0 Å². The molecule has 0 atom stereocenters. The summed E-state index contributed by atoms with van der Waals surface area (Å²) in [5.74, 6) is 0. The molecule has 0 aromatic heterocycles. The SMILES string of the molecule is CC.Cc1cc(N(C)C)c(C)cc1N=Nc1ccccc1.[CH3-].[W]. The predicted molar refractivity (Wildman–Crippen MR) is 98.6 cm³/mol. The first-order chi connectivity index (χ1) is 10.1. The van der Waals surface area contributed by atoms with E-state index in [1.54, 1.807) is 0 Å². The molecule has 0 N–H and O–H groups in total. The normalized spacial score (nSPS) is 9.30. The van der Waals surface area contributed by atoms with Crippen LogP contribution in [0.5, 0.6) is 0 Å². The first-order valence-electron chi connectivity index (χ1n) is 7.33. The number of hydrogen-bond acceptors (Lipinski definition) is 3. The molecular weight excluding hydrogens is 454 g/mol. The molecule has 4 heteroatoms. The minimum Gasteiger partial charge on any atom is -0.377 e. The van der Waals surface area contributed by atoms with Crippen LogP contribution in [0.25, 0.3) is 0 Å². The van der Waals surface area contributed by atoms with Gasteiger partial charge in [-0.15, -0.1) is 0 Å². The Hall–Kier alpha value is -1.47. The number of nitrogens with zero attached hydrogens (tertiary/aromatic N) is 3. The van der Waals surface area contributed by atoms with Crippen LogP contribution in [0.3, 0.4) is 0 Å². The van der Waals surface area contributed by atoms with Gasteiger partial charge < -0.3 is 12.3 Å². The number of azo groups is 1. The molecule has 23 heavy (non-hydrogen) atoms. The number of anilines is 1. The maximum absolute atomic E-state index is 4.34. The molecule has 0 radical (unpaired) electrons. The van der Waals surface area contributed by atoms with Crippen molar-refractivity contribution in [2.45, 2.75) is 27.7 Å². The summed E-state index contributed by atoms with van der Waals surface area (Å²) in [6.07, 6.45) is 0. The van der Waals surface area contributed by atoms with Crippen LogP contribution in [0.2, 0.25) is 0 Å². The minimum atomic E-state index is 0. The fourth-order valence-electron chi connectivity index (χ4n) is 1.98. The van der Waals surface area contributed by atoms with Crippen molar-refractivity contribution in [2.75, 3.05) is 19.0 Å². The smallest absolute Gasteiger partial charge is 0.0890 e. The summed E-state index contributed by atoms with van der Waals surface area (Å²) in [4.78, 5) is 2.11. The monoisotopic (exact) mass is 482 g/mol. The summed E-state index contributed by atoms with van der Waals surface area (Å²) >= 11 is 0. The van der Waals surface area contributed by atoms with Crippen molar-refractivity contribution in [1.82, 2.24) is 0 Å². The van der Waals surface area contributed by atoms with Gasteiger partial charge in [0.1, 0.15) is 0 Å². The standard InChI is InChI=1S/C16H19N3.C2H6.CH3.W/c1-12-11-16(19(3)4)13(2)10-15(12)18-17-14-8-6-5-7-9-14;1-2;;/h5-11H,1-4H3;1-2H3;1H3;/q;;-1;. The molecule has 0 saturated carbocycles. The van der Waals surface area contributed by atoms with Gasteiger partial charge in [-0.2, -0.15) is 10.2 Å². The fraction of sp³-hybridized carbons (Fsp3) is 0.316. The van der Waals surface area contributed by atoms with E-state index in [1.807, 2.05) is 58.3 Å². The summed E-state index contributed by atoms with van der Waals surface area (Å²) in [6.45, 7) is 8.15. The number of rotatable bonds is 3. The van der Waals surface area contributed by atoms with Crippen molar-refractivity contribution in [1.29, 1.82) is 0 Å². The van der Waals surface area contributed by atoms with E-state index in [0.717, 1.165) is 16.9 Å². The molecule has 0 bridgehead atoms. The molecule has 0 aliphatic heterocycles. The maximum atomic E-state index is 4.34. The van der Waals surface area contributed by atoms with E-state index in [-0.39, 0.29) is 28.5 Å². The third kappa shape index (κ3) is 7.09. The Kier molecular flexibility index (Phi) is 12.4.